The van der Waals surface area contributed by atoms with Crippen molar-refractivity contribution in [1.29, 1.82) is 0 Å². The fourth-order valence-electron chi connectivity index (χ4n) is 3.87. The van der Waals surface area contributed by atoms with Gasteiger partial charge in [-0.05, 0) is 30.7 Å². The summed E-state index contributed by atoms with van der Waals surface area (Å²) in [6.07, 6.45) is 3.66. The Bertz CT molecular complexity index is 1020. The molecule has 1 fully saturated rings. The van der Waals surface area contributed by atoms with E-state index in [-0.39, 0.29) is 18.1 Å². The molecule has 4 rings (SSSR count). The first-order valence-corrected chi connectivity index (χ1v) is 9.74. The number of benzene rings is 1. The standard InChI is InChI=1S/C21H25N5O2/c1-2-25-18-7-3-4-8-19(18)26(21(25)28)16-20(27)24-12-10-23(11-13-24)15-17-6-5-9-22-14-17/h3-9,14H,2,10-13,15-16H2,1H3. The lowest BCUT2D eigenvalue weighted by atomic mass is 10.2. The molecule has 0 N–H and O–H groups in total. The summed E-state index contributed by atoms with van der Waals surface area (Å²) < 4.78 is 3.32. The number of hydrogen-bond acceptors (Lipinski definition) is 4. The SMILES string of the molecule is CCn1c(=O)n(CC(=O)N2CCN(Cc3cccnc3)CC2)c2ccccc21. The van der Waals surface area contributed by atoms with E-state index < -0.39 is 0 Å². The Labute approximate surface area is 163 Å². The molecule has 0 radical (unpaired) electrons. The van der Waals surface area contributed by atoms with Crippen molar-refractivity contribution in [2.75, 3.05) is 26.2 Å². The van der Waals surface area contributed by atoms with Crippen molar-refractivity contribution < 1.29 is 4.79 Å². The van der Waals surface area contributed by atoms with Crippen molar-refractivity contribution in [2.45, 2.75) is 26.6 Å². The number of carbonyl (C=O) groups excluding carboxylic acids is 1. The monoisotopic (exact) mass is 379 g/mol. The average molecular weight is 379 g/mol. The van der Waals surface area contributed by atoms with Crippen LogP contribution in [0.3, 0.4) is 0 Å². The highest BCUT2D eigenvalue weighted by Crippen LogP contribution is 2.14. The third-order valence-corrected chi connectivity index (χ3v) is 5.39. The van der Waals surface area contributed by atoms with Crippen molar-refractivity contribution in [3.63, 3.8) is 0 Å². The van der Waals surface area contributed by atoms with E-state index in [1.54, 1.807) is 15.3 Å². The number of para-hydroxylation sites is 2. The maximum absolute atomic E-state index is 12.9. The minimum atomic E-state index is -0.118. The van der Waals surface area contributed by atoms with E-state index in [4.69, 9.17) is 0 Å². The molecule has 0 aliphatic carbocycles. The van der Waals surface area contributed by atoms with Gasteiger partial charge in [-0.25, -0.2) is 4.79 Å². The predicted molar refractivity (Wildman–Crippen MR) is 108 cm³/mol. The highest BCUT2D eigenvalue weighted by atomic mass is 16.2. The molecular weight excluding hydrogens is 354 g/mol. The van der Waals surface area contributed by atoms with Gasteiger partial charge in [0.2, 0.25) is 5.91 Å². The van der Waals surface area contributed by atoms with Crippen LogP contribution in [0.4, 0.5) is 0 Å². The van der Waals surface area contributed by atoms with E-state index in [1.165, 1.54) is 5.56 Å². The third-order valence-electron chi connectivity index (χ3n) is 5.39. The summed E-state index contributed by atoms with van der Waals surface area (Å²) in [5.41, 5.74) is 2.76. The molecule has 146 valence electrons. The fraction of sp³-hybridized carbons (Fsp3) is 0.381. The molecular formula is C21H25N5O2. The Kier molecular flexibility index (Phi) is 5.25. The van der Waals surface area contributed by atoms with Gasteiger partial charge in [0.15, 0.2) is 0 Å². The molecule has 7 nitrogen and oxygen atoms in total. The van der Waals surface area contributed by atoms with Gasteiger partial charge < -0.3 is 4.90 Å². The van der Waals surface area contributed by atoms with Crippen molar-refractivity contribution in [2.24, 2.45) is 0 Å². The lowest BCUT2D eigenvalue weighted by molar-refractivity contribution is -0.133. The van der Waals surface area contributed by atoms with E-state index in [9.17, 15) is 9.59 Å². The molecule has 0 atom stereocenters. The molecule has 0 unspecified atom stereocenters. The fourth-order valence-corrected chi connectivity index (χ4v) is 3.87. The van der Waals surface area contributed by atoms with Gasteiger partial charge in [-0.3, -0.25) is 23.8 Å². The zero-order valence-corrected chi connectivity index (χ0v) is 16.1. The molecule has 28 heavy (non-hydrogen) atoms. The van der Waals surface area contributed by atoms with Gasteiger partial charge in [0.25, 0.3) is 0 Å². The quantitative estimate of drug-likeness (QED) is 0.675. The Morgan fingerprint density at radius 1 is 1.00 bits per heavy atom. The van der Waals surface area contributed by atoms with E-state index in [0.717, 1.165) is 30.7 Å². The summed E-state index contributed by atoms with van der Waals surface area (Å²) in [5.74, 6) is 0.00198. The summed E-state index contributed by atoms with van der Waals surface area (Å²) in [6, 6.07) is 11.7. The van der Waals surface area contributed by atoms with Crippen LogP contribution in [0.2, 0.25) is 0 Å². The van der Waals surface area contributed by atoms with Gasteiger partial charge in [0.1, 0.15) is 6.54 Å². The zero-order chi connectivity index (χ0) is 19.5. The number of aromatic nitrogens is 3. The Balaban J connectivity index is 1.42. The van der Waals surface area contributed by atoms with Crippen LogP contribution >= 0.6 is 0 Å². The van der Waals surface area contributed by atoms with Gasteiger partial charge in [-0.1, -0.05) is 18.2 Å². The van der Waals surface area contributed by atoms with Crippen LogP contribution < -0.4 is 5.69 Å². The Hall–Kier alpha value is -2.93. The van der Waals surface area contributed by atoms with Crippen LogP contribution in [0, 0.1) is 0 Å². The smallest absolute Gasteiger partial charge is 0.329 e. The average Bonchev–Trinajstić information content (AvgIpc) is 3.00. The van der Waals surface area contributed by atoms with Gasteiger partial charge >= 0.3 is 5.69 Å². The molecule has 1 aliphatic heterocycles. The molecule has 0 spiro atoms. The molecule has 1 saturated heterocycles. The minimum Gasteiger partial charge on any atom is -0.339 e. The molecule has 1 aliphatic rings. The van der Waals surface area contributed by atoms with Crippen LogP contribution in [-0.2, 0) is 24.4 Å². The second-order valence-corrected chi connectivity index (χ2v) is 7.12. The van der Waals surface area contributed by atoms with Crippen molar-refractivity contribution in [3.05, 3.63) is 64.8 Å². The number of fused-ring (bicyclic) bond motifs is 1. The first kappa shape index (κ1) is 18.4. The minimum absolute atomic E-state index is 0.00198. The lowest BCUT2D eigenvalue weighted by Crippen LogP contribution is -2.49. The molecule has 0 saturated carbocycles. The van der Waals surface area contributed by atoms with Gasteiger partial charge in [0.05, 0.1) is 11.0 Å². The molecule has 2 aromatic heterocycles. The van der Waals surface area contributed by atoms with Crippen LogP contribution in [-0.4, -0.2) is 56.0 Å². The van der Waals surface area contributed by atoms with Crippen molar-refractivity contribution in [1.82, 2.24) is 23.9 Å². The van der Waals surface area contributed by atoms with E-state index >= 15 is 0 Å². The number of piperazine rings is 1. The van der Waals surface area contributed by atoms with Crippen LogP contribution in [0.25, 0.3) is 11.0 Å². The first-order chi connectivity index (χ1) is 13.7. The molecule has 3 aromatic rings. The van der Waals surface area contributed by atoms with Gasteiger partial charge in [-0.2, -0.15) is 0 Å². The Morgan fingerprint density at radius 3 is 2.36 bits per heavy atom. The van der Waals surface area contributed by atoms with Crippen LogP contribution in [0.5, 0.6) is 0 Å². The second kappa shape index (κ2) is 7.98. The summed E-state index contributed by atoms with van der Waals surface area (Å²) in [5, 5.41) is 0. The largest absolute Gasteiger partial charge is 0.339 e. The van der Waals surface area contributed by atoms with Crippen LogP contribution in [0.15, 0.2) is 53.6 Å². The summed E-state index contributed by atoms with van der Waals surface area (Å²) in [4.78, 5) is 33.9. The first-order valence-electron chi connectivity index (χ1n) is 9.74. The second-order valence-electron chi connectivity index (χ2n) is 7.12. The number of amides is 1. The molecule has 0 bridgehead atoms. The molecule has 3 heterocycles. The lowest BCUT2D eigenvalue weighted by Gasteiger charge is -2.34. The highest BCUT2D eigenvalue weighted by Gasteiger charge is 2.23. The normalized spacial score (nSPS) is 15.2. The Morgan fingerprint density at radius 2 is 1.71 bits per heavy atom. The van der Waals surface area contributed by atoms with Crippen LogP contribution in [0.1, 0.15) is 12.5 Å². The van der Waals surface area contributed by atoms with E-state index in [0.29, 0.717) is 19.6 Å². The number of nitrogens with zero attached hydrogens (tertiary/aromatic N) is 5. The molecule has 7 heteroatoms. The maximum Gasteiger partial charge on any atom is 0.329 e. The number of pyridine rings is 1. The topological polar surface area (TPSA) is 63.4 Å². The number of rotatable bonds is 5. The number of hydrogen-bond donors (Lipinski definition) is 0. The van der Waals surface area contributed by atoms with Crippen molar-refractivity contribution >= 4 is 16.9 Å². The summed E-state index contributed by atoms with van der Waals surface area (Å²) >= 11 is 0. The van der Waals surface area contributed by atoms with E-state index in [1.807, 2.05) is 48.4 Å². The summed E-state index contributed by atoms with van der Waals surface area (Å²) in [7, 11) is 0. The number of aryl methyl sites for hydroxylation is 1. The predicted octanol–water partition coefficient (Wildman–Crippen LogP) is 1.56. The summed E-state index contributed by atoms with van der Waals surface area (Å²) in [6.45, 7) is 6.49. The maximum atomic E-state index is 12.9. The molecule has 1 aromatic carbocycles. The zero-order valence-electron chi connectivity index (χ0n) is 16.1. The highest BCUT2D eigenvalue weighted by molar-refractivity contribution is 5.81. The van der Waals surface area contributed by atoms with Gasteiger partial charge in [0, 0.05) is 51.7 Å². The number of imidazole rings is 1. The van der Waals surface area contributed by atoms with E-state index in [2.05, 4.69) is 16.0 Å². The van der Waals surface area contributed by atoms with Gasteiger partial charge in [-0.15, -0.1) is 0 Å². The van der Waals surface area contributed by atoms with Crippen molar-refractivity contribution in [3.8, 4) is 0 Å². The third kappa shape index (κ3) is 3.57. The molecule has 1 amide bonds. The number of carbonyl (C=O) groups is 1.